The lowest BCUT2D eigenvalue weighted by atomic mass is 9.72. The minimum atomic E-state index is -1.28. The average molecular weight is 363 g/mol. The van der Waals surface area contributed by atoms with E-state index in [1.807, 2.05) is 13.8 Å². The molecule has 0 spiro atoms. The summed E-state index contributed by atoms with van der Waals surface area (Å²) in [5.74, 6) is -0.609. The molecule has 0 bridgehead atoms. The van der Waals surface area contributed by atoms with Crippen molar-refractivity contribution in [3.63, 3.8) is 0 Å². The van der Waals surface area contributed by atoms with Crippen molar-refractivity contribution in [3.8, 4) is 5.75 Å². The second-order valence-corrected chi connectivity index (χ2v) is 7.68. The van der Waals surface area contributed by atoms with Crippen molar-refractivity contribution >= 4 is 11.9 Å². The molecule has 6 nitrogen and oxygen atoms in total. The largest absolute Gasteiger partial charge is 0.508 e. The predicted octanol–water partition coefficient (Wildman–Crippen LogP) is 2.43. The molecule has 1 aromatic rings. The van der Waals surface area contributed by atoms with Crippen LogP contribution in [0.25, 0.3) is 0 Å². The van der Waals surface area contributed by atoms with E-state index in [-0.39, 0.29) is 31.0 Å². The third kappa shape index (κ3) is 4.75. The van der Waals surface area contributed by atoms with E-state index in [0.29, 0.717) is 31.7 Å². The molecule has 1 heterocycles. The van der Waals surface area contributed by atoms with E-state index in [1.165, 1.54) is 0 Å². The molecule has 26 heavy (non-hydrogen) atoms. The highest BCUT2D eigenvalue weighted by molar-refractivity contribution is 5.80. The van der Waals surface area contributed by atoms with E-state index in [1.54, 1.807) is 29.2 Å². The van der Waals surface area contributed by atoms with Gasteiger partial charge in [0.15, 0.2) is 0 Å². The minimum Gasteiger partial charge on any atom is -0.508 e. The topological polar surface area (TPSA) is 98.1 Å². The molecule has 144 valence electrons. The Morgan fingerprint density at radius 2 is 1.92 bits per heavy atom. The number of likely N-dealkylation sites (tertiary alicyclic amines) is 1. The second-order valence-electron chi connectivity index (χ2n) is 7.68. The summed E-state index contributed by atoms with van der Waals surface area (Å²) in [7, 11) is 0. The summed E-state index contributed by atoms with van der Waals surface area (Å²) in [6, 6.07) is 6.70. The summed E-state index contributed by atoms with van der Waals surface area (Å²) < 4.78 is 0. The highest BCUT2D eigenvalue weighted by atomic mass is 16.4. The lowest BCUT2D eigenvalue weighted by Gasteiger charge is -2.43. The van der Waals surface area contributed by atoms with Crippen molar-refractivity contribution in [2.24, 2.45) is 11.3 Å². The number of carboxylic acids is 1. The highest BCUT2D eigenvalue weighted by Crippen LogP contribution is 2.37. The van der Waals surface area contributed by atoms with Gasteiger partial charge >= 0.3 is 5.97 Å². The lowest BCUT2D eigenvalue weighted by Crippen LogP contribution is -2.57. The zero-order valence-electron chi connectivity index (χ0n) is 15.5. The molecular formula is C20H29NO5. The van der Waals surface area contributed by atoms with Gasteiger partial charge in [-0.05, 0) is 49.3 Å². The number of piperidine rings is 1. The number of benzene rings is 1. The van der Waals surface area contributed by atoms with Crippen LogP contribution in [0.15, 0.2) is 24.3 Å². The Balaban J connectivity index is 2.03. The van der Waals surface area contributed by atoms with Gasteiger partial charge in [-0.2, -0.15) is 0 Å². The summed E-state index contributed by atoms with van der Waals surface area (Å²) in [6.07, 6.45) is 1.22. The number of aromatic hydroxyl groups is 1. The third-order valence-electron chi connectivity index (χ3n) is 5.29. The van der Waals surface area contributed by atoms with E-state index in [9.17, 15) is 24.9 Å². The summed E-state index contributed by atoms with van der Waals surface area (Å²) in [5.41, 5.74) is -0.339. The molecule has 1 saturated heterocycles. The van der Waals surface area contributed by atoms with Crippen molar-refractivity contribution in [1.82, 2.24) is 4.90 Å². The first kappa shape index (κ1) is 20.2. The van der Waals surface area contributed by atoms with Crippen LogP contribution in [0.5, 0.6) is 5.75 Å². The van der Waals surface area contributed by atoms with Crippen LogP contribution < -0.4 is 0 Å². The molecule has 1 aromatic carbocycles. The molecule has 0 radical (unpaired) electrons. The Bertz CT molecular complexity index is 628. The Kier molecular flexibility index (Phi) is 6.64. The number of aliphatic carboxylic acids is 1. The number of rotatable bonds is 7. The zero-order chi connectivity index (χ0) is 19.3. The number of phenolic OH excluding ortho intramolecular Hbond substituents is 1. The predicted molar refractivity (Wildman–Crippen MR) is 97.8 cm³/mol. The number of carboxylic acid groups (broad SMARTS) is 1. The molecular weight excluding hydrogens is 334 g/mol. The first-order valence-corrected chi connectivity index (χ1v) is 9.22. The monoisotopic (exact) mass is 363 g/mol. The van der Waals surface area contributed by atoms with Gasteiger partial charge < -0.3 is 20.2 Å². The number of aliphatic hydroxyl groups excluding tert-OH is 1. The minimum absolute atomic E-state index is 0.0601. The highest BCUT2D eigenvalue weighted by Gasteiger charge is 2.49. The maximum atomic E-state index is 12.6. The molecule has 3 N–H and O–H groups in total. The molecule has 1 aliphatic rings. The van der Waals surface area contributed by atoms with E-state index in [2.05, 4.69) is 0 Å². The van der Waals surface area contributed by atoms with Crippen LogP contribution in [0.1, 0.15) is 45.1 Å². The Morgan fingerprint density at radius 3 is 2.50 bits per heavy atom. The Hall–Kier alpha value is -2.08. The third-order valence-corrected chi connectivity index (χ3v) is 5.29. The van der Waals surface area contributed by atoms with Crippen LogP contribution in [0.3, 0.4) is 0 Å². The molecule has 0 saturated carbocycles. The number of nitrogens with zero attached hydrogens (tertiary/aromatic N) is 1. The smallest absolute Gasteiger partial charge is 0.314 e. The van der Waals surface area contributed by atoms with Crippen LogP contribution in [0.4, 0.5) is 0 Å². The van der Waals surface area contributed by atoms with E-state index >= 15 is 0 Å². The standard InChI is InChI=1S/C20H29NO5/c1-14(2)9-11-20(19(25)26)13-21(12-10-17(20)23)18(24)8-5-15-3-6-16(22)7-4-15/h3-4,6-7,14,17,22-23H,5,8-13H2,1-2H3,(H,25,26)/t17-,20-/m1/s1. The molecule has 1 fully saturated rings. The number of phenols is 1. The number of aliphatic hydroxyl groups is 1. The molecule has 0 aliphatic carbocycles. The second kappa shape index (κ2) is 8.54. The first-order valence-electron chi connectivity index (χ1n) is 9.22. The van der Waals surface area contributed by atoms with Crippen LogP contribution in [0, 0.1) is 11.3 Å². The fourth-order valence-corrected chi connectivity index (χ4v) is 3.47. The van der Waals surface area contributed by atoms with Gasteiger partial charge in [0.05, 0.1) is 6.10 Å². The summed E-state index contributed by atoms with van der Waals surface area (Å²) in [6.45, 7) is 4.48. The molecule has 0 aromatic heterocycles. The quantitative estimate of drug-likeness (QED) is 0.691. The number of amides is 1. The van der Waals surface area contributed by atoms with E-state index in [4.69, 9.17) is 0 Å². The normalized spacial score (nSPS) is 23.2. The molecule has 6 heteroatoms. The van der Waals surface area contributed by atoms with Crippen LogP contribution in [-0.4, -0.2) is 51.3 Å². The Morgan fingerprint density at radius 1 is 1.27 bits per heavy atom. The van der Waals surface area contributed by atoms with E-state index in [0.717, 1.165) is 5.56 Å². The van der Waals surface area contributed by atoms with Crippen molar-refractivity contribution in [2.75, 3.05) is 13.1 Å². The molecule has 1 amide bonds. The number of hydrogen-bond acceptors (Lipinski definition) is 4. The van der Waals surface area contributed by atoms with Gasteiger partial charge in [0.1, 0.15) is 11.2 Å². The van der Waals surface area contributed by atoms with Gasteiger partial charge in [0.2, 0.25) is 5.91 Å². The summed E-state index contributed by atoms with van der Waals surface area (Å²) >= 11 is 0. The summed E-state index contributed by atoms with van der Waals surface area (Å²) in [5, 5.41) is 29.5. The molecule has 2 rings (SSSR count). The molecule has 0 unspecified atom stereocenters. The Labute approximate surface area is 154 Å². The van der Waals surface area contributed by atoms with Crippen molar-refractivity contribution < 1.29 is 24.9 Å². The van der Waals surface area contributed by atoms with Crippen molar-refractivity contribution in [1.29, 1.82) is 0 Å². The maximum absolute atomic E-state index is 12.6. The van der Waals surface area contributed by atoms with Gasteiger partial charge in [0, 0.05) is 19.5 Å². The number of carbonyl (C=O) groups is 2. The van der Waals surface area contributed by atoms with Gasteiger partial charge in [0.25, 0.3) is 0 Å². The van der Waals surface area contributed by atoms with Gasteiger partial charge in [-0.3, -0.25) is 9.59 Å². The molecule has 1 aliphatic heterocycles. The number of hydrogen-bond donors (Lipinski definition) is 3. The zero-order valence-corrected chi connectivity index (χ0v) is 15.5. The van der Waals surface area contributed by atoms with Crippen molar-refractivity contribution in [2.45, 2.75) is 52.1 Å². The average Bonchev–Trinajstić information content (AvgIpc) is 2.60. The van der Waals surface area contributed by atoms with Gasteiger partial charge in [-0.1, -0.05) is 26.0 Å². The van der Waals surface area contributed by atoms with Gasteiger partial charge in [-0.15, -0.1) is 0 Å². The fraction of sp³-hybridized carbons (Fsp3) is 0.600. The van der Waals surface area contributed by atoms with E-state index < -0.39 is 17.5 Å². The number of carbonyl (C=O) groups excluding carboxylic acids is 1. The van der Waals surface area contributed by atoms with Gasteiger partial charge in [-0.25, -0.2) is 0 Å². The SMILES string of the molecule is CC(C)CC[C@@]1(C(=O)O)CN(C(=O)CCc2ccc(O)cc2)CC[C@H]1O. The van der Waals surface area contributed by atoms with Crippen LogP contribution in [0.2, 0.25) is 0 Å². The lowest BCUT2D eigenvalue weighted by molar-refractivity contribution is -0.167. The van der Waals surface area contributed by atoms with Crippen LogP contribution in [-0.2, 0) is 16.0 Å². The molecule has 2 atom stereocenters. The number of aryl methyl sites for hydroxylation is 1. The fourth-order valence-electron chi connectivity index (χ4n) is 3.47. The maximum Gasteiger partial charge on any atom is 0.314 e. The van der Waals surface area contributed by atoms with Crippen molar-refractivity contribution in [3.05, 3.63) is 29.8 Å². The van der Waals surface area contributed by atoms with Crippen LogP contribution >= 0.6 is 0 Å². The summed E-state index contributed by atoms with van der Waals surface area (Å²) in [4.78, 5) is 26.1. The first-order chi connectivity index (χ1) is 12.2.